The minimum Gasteiger partial charge on any atom is -0.382 e. The highest BCUT2D eigenvalue weighted by atomic mass is 16.5. The molecule has 3 rings (SSSR count). The number of para-hydroxylation sites is 1. The molecule has 2 nitrogen and oxygen atoms in total. The average molecular weight is 203 g/mol. The van der Waals surface area contributed by atoms with Gasteiger partial charge in [-0.2, -0.15) is 0 Å². The van der Waals surface area contributed by atoms with Gasteiger partial charge < -0.3 is 10.1 Å². The van der Waals surface area contributed by atoms with Crippen molar-refractivity contribution in [2.24, 2.45) is 5.92 Å². The van der Waals surface area contributed by atoms with E-state index in [1.54, 1.807) is 0 Å². The lowest BCUT2D eigenvalue weighted by Gasteiger charge is -2.41. The van der Waals surface area contributed by atoms with Gasteiger partial charge in [-0.3, -0.25) is 0 Å². The molecule has 2 aliphatic heterocycles. The van der Waals surface area contributed by atoms with E-state index in [1.165, 1.54) is 11.3 Å². The van der Waals surface area contributed by atoms with Crippen LogP contribution in [-0.2, 0) is 4.74 Å². The SMILES string of the molecule is C[C@@H]1c2ccccc2N[C@@H]2CCOC[C@@H]12. The standard InChI is InChI=1S/C13H17NO/c1-9-10-4-2-3-5-12(10)14-13-6-7-15-8-11(9)13/h2-5,9,11,13-14H,6-8H2,1H3/t9-,11+,13-/m1/s1. The molecule has 0 aliphatic carbocycles. The molecule has 0 saturated carbocycles. The maximum Gasteiger partial charge on any atom is 0.0519 e. The second-order valence-electron chi connectivity index (χ2n) is 4.65. The van der Waals surface area contributed by atoms with Crippen LogP contribution in [-0.4, -0.2) is 19.3 Å². The number of benzene rings is 1. The zero-order chi connectivity index (χ0) is 10.3. The minimum atomic E-state index is 0.614. The van der Waals surface area contributed by atoms with Crippen molar-refractivity contribution in [1.29, 1.82) is 0 Å². The Labute approximate surface area is 90.6 Å². The number of rotatable bonds is 0. The quantitative estimate of drug-likeness (QED) is 0.700. The summed E-state index contributed by atoms with van der Waals surface area (Å²) >= 11 is 0. The maximum atomic E-state index is 5.58. The van der Waals surface area contributed by atoms with Crippen LogP contribution in [0.2, 0.25) is 0 Å². The van der Waals surface area contributed by atoms with Gasteiger partial charge in [0.05, 0.1) is 6.61 Å². The van der Waals surface area contributed by atoms with Crippen LogP contribution in [0.5, 0.6) is 0 Å². The summed E-state index contributed by atoms with van der Waals surface area (Å²) in [4.78, 5) is 0. The Morgan fingerprint density at radius 2 is 2.20 bits per heavy atom. The second-order valence-corrected chi connectivity index (χ2v) is 4.65. The summed E-state index contributed by atoms with van der Waals surface area (Å²) in [7, 11) is 0. The predicted octanol–water partition coefficient (Wildman–Crippen LogP) is 2.62. The zero-order valence-electron chi connectivity index (χ0n) is 9.07. The van der Waals surface area contributed by atoms with E-state index in [4.69, 9.17) is 4.74 Å². The second kappa shape index (κ2) is 3.53. The van der Waals surface area contributed by atoms with E-state index in [-0.39, 0.29) is 0 Å². The van der Waals surface area contributed by atoms with Crippen molar-refractivity contribution in [3.05, 3.63) is 29.8 Å². The molecule has 0 radical (unpaired) electrons. The summed E-state index contributed by atoms with van der Waals surface area (Å²) in [6, 6.07) is 9.28. The molecule has 0 spiro atoms. The van der Waals surface area contributed by atoms with Gasteiger partial charge in [-0.05, 0) is 24.0 Å². The molecule has 0 aromatic heterocycles. The molecule has 2 heteroatoms. The largest absolute Gasteiger partial charge is 0.382 e. The van der Waals surface area contributed by atoms with Crippen LogP contribution in [0.3, 0.4) is 0 Å². The van der Waals surface area contributed by atoms with Crippen molar-refractivity contribution in [2.45, 2.75) is 25.3 Å². The smallest absolute Gasteiger partial charge is 0.0519 e. The molecular formula is C13H17NO. The molecule has 1 saturated heterocycles. The van der Waals surface area contributed by atoms with E-state index >= 15 is 0 Å². The van der Waals surface area contributed by atoms with E-state index in [9.17, 15) is 0 Å². The molecule has 1 aromatic rings. The highest BCUT2D eigenvalue weighted by molar-refractivity contribution is 5.56. The predicted molar refractivity (Wildman–Crippen MR) is 61.2 cm³/mol. The Kier molecular flexibility index (Phi) is 2.17. The number of fused-ring (bicyclic) bond motifs is 2. The Hall–Kier alpha value is -1.02. The fourth-order valence-electron chi connectivity index (χ4n) is 2.89. The van der Waals surface area contributed by atoms with E-state index < -0.39 is 0 Å². The van der Waals surface area contributed by atoms with Gasteiger partial charge in [-0.15, -0.1) is 0 Å². The first-order valence-electron chi connectivity index (χ1n) is 5.79. The van der Waals surface area contributed by atoms with Gasteiger partial charge >= 0.3 is 0 Å². The summed E-state index contributed by atoms with van der Waals surface area (Å²) in [5, 5.41) is 3.65. The first-order valence-corrected chi connectivity index (χ1v) is 5.79. The Morgan fingerprint density at radius 3 is 3.13 bits per heavy atom. The molecule has 2 aliphatic rings. The summed E-state index contributed by atoms with van der Waals surface area (Å²) in [5.41, 5.74) is 2.78. The molecule has 3 atom stereocenters. The van der Waals surface area contributed by atoms with Gasteiger partial charge in [-0.25, -0.2) is 0 Å². The van der Waals surface area contributed by atoms with Crippen LogP contribution in [0.1, 0.15) is 24.8 Å². The van der Waals surface area contributed by atoms with Crippen molar-refractivity contribution in [1.82, 2.24) is 0 Å². The van der Waals surface area contributed by atoms with Crippen molar-refractivity contribution in [3.8, 4) is 0 Å². The first-order chi connectivity index (χ1) is 7.36. The number of nitrogens with one attached hydrogen (secondary N) is 1. The molecule has 2 heterocycles. The Bertz CT molecular complexity index is 363. The first kappa shape index (κ1) is 9.22. The minimum absolute atomic E-state index is 0.614. The summed E-state index contributed by atoms with van der Waals surface area (Å²) < 4.78 is 5.58. The van der Waals surface area contributed by atoms with Crippen molar-refractivity contribution >= 4 is 5.69 Å². The number of anilines is 1. The molecule has 1 fully saturated rings. The van der Waals surface area contributed by atoms with Crippen LogP contribution in [0.25, 0.3) is 0 Å². The van der Waals surface area contributed by atoms with E-state index in [1.807, 2.05) is 0 Å². The van der Waals surface area contributed by atoms with E-state index in [0.717, 1.165) is 19.6 Å². The van der Waals surface area contributed by atoms with Crippen molar-refractivity contribution in [2.75, 3.05) is 18.5 Å². The normalized spacial score (nSPS) is 33.8. The lowest BCUT2D eigenvalue weighted by molar-refractivity contribution is 0.0358. The monoisotopic (exact) mass is 203 g/mol. The van der Waals surface area contributed by atoms with Gasteiger partial charge in [0.25, 0.3) is 0 Å². The molecule has 15 heavy (non-hydrogen) atoms. The molecule has 0 unspecified atom stereocenters. The van der Waals surface area contributed by atoms with Crippen molar-refractivity contribution in [3.63, 3.8) is 0 Å². The zero-order valence-corrected chi connectivity index (χ0v) is 9.07. The van der Waals surface area contributed by atoms with Crippen LogP contribution < -0.4 is 5.32 Å². The van der Waals surface area contributed by atoms with Gasteiger partial charge in [0.15, 0.2) is 0 Å². The Balaban J connectivity index is 1.98. The molecular weight excluding hydrogens is 186 g/mol. The molecule has 1 aromatic carbocycles. The maximum absolute atomic E-state index is 5.58. The molecule has 0 amide bonds. The summed E-state index contributed by atoms with van der Waals surface area (Å²) in [6.07, 6.45) is 1.14. The number of hydrogen-bond acceptors (Lipinski definition) is 2. The van der Waals surface area contributed by atoms with Gasteiger partial charge in [0.1, 0.15) is 0 Å². The topological polar surface area (TPSA) is 21.3 Å². The summed E-state index contributed by atoms with van der Waals surface area (Å²) in [5.74, 6) is 1.27. The third-order valence-corrected chi connectivity index (χ3v) is 3.83. The summed E-state index contributed by atoms with van der Waals surface area (Å²) in [6.45, 7) is 4.14. The molecule has 80 valence electrons. The lowest BCUT2D eigenvalue weighted by atomic mass is 9.77. The van der Waals surface area contributed by atoms with Gasteiger partial charge in [-0.1, -0.05) is 25.1 Å². The fraction of sp³-hybridized carbons (Fsp3) is 0.538. The van der Waals surface area contributed by atoms with Crippen LogP contribution in [0.4, 0.5) is 5.69 Å². The third kappa shape index (κ3) is 1.44. The van der Waals surface area contributed by atoms with Gasteiger partial charge in [0.2, 0.25) is 0 Å². The fourth-order valence-corrected chi connectivity index (χ4v) is 2.89. The highest BCUT2D eigenvalue weighted by Crippen LogP contribution is 2.40. The molecule has 0 bridgehead atoms. The average Bonchev–Trinajstić information content (AvgIpc) is 2.30. The third-order valence-electron chi connectivity index (χ3n) is 3.83. The molecule has 1 N–H and O–H groups in total. The lowest BCUT2D eigenvalue weighted by Crippen LogP contribution is -2.43. The number of ether oxygens (including phenoxy) is 1. The highest BCUT2D eigenvalue weighted by Gasteiger charge is 2.35. The van der Waals surface area contributed by atoms with Gasteiger partial charge in [0, 0.05) is 24.3 Å². The van der Waals surface area contributed by atoms with E-state index in [0.29, 0.717) is 17.9 Å². The van der Waals surface area contributed by atoms with Crippen LogP contribution in [0.15, 0.2) is 24.3 Å². The number of hydrogen-bond donors (Lipinski definition) is 1. The van der Waals surface area contributed by atoms with Crippen molar-refractivity contribution < 1.29 is 4.74 Å². The van der Waals surface area contributed by atoms with Crippen LogP contribution in [0, 0.1) is 5.92 Å². The Morgan fingerprint density at radius 1 is 1.33 bits per heavy atom. The van der Waals surface area contributed by atoms with E-state index in [2.05, 4.69) is 36.5 Å². The van der Waals surface area contributed by atoms with Crippen LogP contribution >= 0.6 is 0 Å².